The smallest absolute Gasteiger partial charge is 0.253 e. The summed E-state index contributed by atoms with van der Waals surface area (Å²) in [5.74, 6) is 0.366. The molecule has 0 saturated heterocycles. The molecular weight excluding hydrogens is 288 g/mol. The molecular formula is C16H17ClN2O2. The average molecular weight is 305 g/mol. The fraction of sp³-hybridized carbons (Fsp3) is 0.188. The van der Waals surface area contributed by atoms with Crippen LogP contribution in [0.25, 0.3) is 0 Å². The summed E-state index contributed by atoms with van der Waals surface area (Å²) >= 11 is 6.13. The van der Waals surface area contributed by atoms with Gasteiger partial charge in [0.2, 0.25) is 0 Å². The maximum atomic E-state index is 12.3. The monoisotopic (exact) mass is 304 g/mol. The number of nitrogens with two attached hydrogens (primary N) is 1. The molecule has 0 radical (unpaired) electrons. The van der Waals surface area contributed by atoms with Crippen LogP contribution in [0.2, 0.25) is 5.02 Å². The Balaban J connectivity index is 2.16. The van der Waals surface area contributed by atoms with E-state index in [1.165, 1.54) is 0 Å². The summed E-state index contributed by atoms with van der Waals surface area (Å²) < 4.78 is 5.07. The molecule has 2 aromatic rings. The molecule has 0 aliphatic carbocycles. The molecule has 1 atom stereocenters. The van der Waals surface area contributed by atoms with Crippen LogP contribution in [0.3, 0.4) is 0 Å². The summed E-state index contributed by atoms with van der Waals surface area (Å²) in [5.41, 5.74) is 7.52. The molecule has 0 aliphatic heterocycles. The van der Waals surface area contributed by atoms with Gasteiger partial charge in [-0.1, -0.05) is 29.8 Å². The van der Waals surface area contributed by atoms with Crippen molar-refractivity contribution in [1.82, 2.24) is 5.32 Å². The lowest BCUT2D eigenvalue weighted by Crippen LogP contribution is -2.27. The number of hydrogen-bond acceptors (Lipinski definition) is 3. The molecule has 3 N–H and O–H groups in total. The summed E-state index contributed by atoms with van der Waals surface area (Å²) in [5, 5.41) is 3.51. The zero-order valence-electron chi connectivity index (χ0n) is 11.9. The van der Waals surface area contributed by atoms with E-state index in [-0.39, 0.29) is 11.9 Å². The van der Waals surface area contributed by atoms with Gasteiger partial charge in [0.25, 0.3) is 5.91 Å². The lowest BCUT2D eigenvalue weighted by atomic mass is 10.1. The first-order valence-electron chi connectivity index (χ1n) is 6.51. The molecule has 0 spiro atoms. The van der Waals surface area contributed by atoms with E-state index in [0.29, 0.717) is 22.0 Å². The van der Waals surface area contributed by atoms with Gasteiger partial charge >= 0.3 is 0 Å². The highest BCUT2D eigenvalue weighted by Crippen LogP contribution is 2.24. The first kappa shape index (κ1) is 15.2. The number of carbonyl (C=O) groups excluding carboxylic acids is 1. The Morgan fingerprint density at radius 3 is 2.62 bits per heavy atom. The van der Waals surface area contributed by atoms with Crippen molar-refractivity contribution in [2.24, 2.45) is 0 Å². The van der Waals surface area contributed by atoms with Crippen LogP contribution in [0.5, 0.6) is 5.75 Å². The molecule has 0 fully saturated rings. The molecule has 110 valence electrons. The molecule has 5 heteroatoms. The number of nitrogen functional groups attached to an aromatic ring is 1. The molecule has 0 aliphatic rings. The number of hydrogen-bond donors (Lipinski definition) is 2. The summed E-state index contributed by atoms with van der Waals surface area (Å²) in [6.45, 7) is 1.87. The molecule has 4 nitrogen and oxygen atoms in total. The first-order chi connectivity index (χ1) is 10.0. The number of amides is 1. The van der Waals surface area contributed by atoms with E-state index in [2.05, 4.69) is 5.32 Å². The normalized spacial score (nSPS) is 11.8. The van der Waals surface area contributed by atoms with Gasteiger partial charge in [0, 0.05) is 16.8 Å². The van der Waals surface area contributed by atoms with Crippen molar-refractivity contribution in [2.75, 3.05) is 12.8 Å². The van der Waals surface area contributed by atoms with E-state index in [1.54, 1.807) is 31.4 Å². The van der Waals surface area contributed by atoms with Gasteiger partial charge in [0.15, 0.2) is 0 Å². The van der Waals surface area contributed by atoms with Crippen LogP contribution >= 0.6 is 11.6 Å². The third-order valence-electron chi connectivity index (χ3n) is 3.22. The predicted octanol–water partition coefficient (Wildman–Crippen LogP) is 3.42. The van der Waals surface area contributed by atoms with Gasteiger partial charge in [0.1, 0.15) is 5.75 Å². The van der Waals surface area contributed by atoms with Gasteiger partial charge in [-0.2, -0.15) is 0 Å². The van der Waals surface area contributed by atoms with E-state index in [0.717, 1.165) is 5.56 Å². The Morgan fingerprint density at radius 2 is 2.00 bits per heavy atom. The first-order valence-corrected chi connectivity index (χ1v) is 6.89. The maximum absolute atomic E-state index is 12.3. The van der Waals surface area contributed by atoms with Crippen LogP contribution in [-0.4, -0.2) is 13.0 Å². The zero-order chi connectivity index (χ0) is 15.4. The number of carbonyl (C=O) groups is 1. The van der Waals surface area contributed by atoms with Crippen molar-refractivity contribution >= 4 is 23.2 Å². The summed E-state index contributed by atoms with van der Waals surface area (Å²) in [6, 6.07) is 12.1. The minimum absolute atomic E-state index is 0.215. The Labute approximate surface area is 128 Å². The van der Waals surface area contributed by atoms with Crippen molar-refractivity contribution in [1.29, 1.82) is 0 Å². The number of benzene rings is 2. The number of ether oxygens (including phenoxy) is 1. The second-order valence-electron chi connectivity index (χ2n) is 4.67. The van der Waals surface area contributed by atoms with Crippen molar-refractivity contribution in [3.8, 4) is 5.75 Å². The summed E-state index contributed by atoms with van der Waals surface area (Å²) in [7, 11) is 1.55. The quantitative estimate of drug-likeness (QED) is 0.851. The average Bonchev–Trinajstić information content (AvgIpc) is 2.47. The highest BCUT2D eigenvalue weighted by molar-refractivity contribution is 6.31. The molecule has 0 heterocycles. The standard InChI is InChI=1S/C16H17ClN2O2/c1-10(12-5-3-4-6-14(12)17)19-16(20)13-8-7-11(21-2)9-15(13)18/h3-10H,18H2,1-2H3,(H,19,20)/t10-/m1/s1. The third-order valence-corrected chi connectivity index (χ3v) is 3.57. The van der Waals surface area contributed by atoms with Gasteiger partial charge in [0.05, 0.1) is 18.7 Å². The van der Waals surface area contributed by atoms with E-state index in [9.17, 15) is 4.79 Å². The van der Waals surface area contributed by atoms with Crippen LogP contribution in [0.1, 0.15) is 28.9 Å². The number of anilines is 1. The van der Waals surface area contributed by atoms with E-state index < -0.39 is 0 Å². The maximum Gasteiger partial charge on any atom is 0.253 e. The Morgan fingerprint density at radius 1 is 1.29 bits per heavy atom. The van der Waals surface area contributed by atoms with Gasteiger partial charge in [-0.05, 0) is 30.7 Å². The fourth-order valence-electron chi connectivity index (χ4n) is 2.05. The van der Waals surface area contributed by atoms with Crippen LogP contribution in [0, 0.1) is 0 Å². The molecule has 2 aromatic carbocycles. The van der Waals surface area contributed by atoms with Crippen molar-refractivity contribution in [3.05, 3.63) is 58.6 Å². The van der Waals surface area contributed by atoms with Gasteiger partial charge in [-0.15, -0.1) is 0 Å². The largest absolute Gasteiger partial charge is 0.497 e. The van der Waals surface area contributed by atoms with E-state index >= 15 is 0 Å². The van der Waals surface area contributed by atoms with Crippen LogP contribution in [-0.2, 0) is 0 Å². The van der Waals surface area contributed by atoms with E-state index in [4.69, 9.17) is 22.1 Å². The van der Waals surface area contributed by atoms with E-state index in [1.807, 2.05) is 25.1 Å². The molecule has 0 saturated carbocycles. The van der Waals surface area contributed by atoms with Gasteiger partial charge < -0.3 is 15.8 Å². The topological polar surface area (TPSA) is 64.3 Å². The second kappa shape index (κ2) is 6.50. The summed E-state index contributed by atoms with van der Waals surface area (Å²) in [4.78, 5) is 12.3. The molecule has 0 aromatic heterocycles. The highest BCUT2D eigenvalue weighted by Gasteiger charge is 2.15. The lowest BCUT2D eigenvalue weighted by Gasteiger charge is -2.16. The van der Waals surface area contributed by atoms with Crippen LogP contribution < -0.4 is 15.8 Å². The van der Waals surface area contributed by atoms with Crippen molar-refractivity contribution in [2.45, 2.75) is 13.0 Å². The number of halogens is 1. The minimum atomic E-state index is -0.248. The summed E-state index contributed by atoms with van der Waals surface area (Å²) in [6.07, 6.45) is 0. The zero-order valence-corrected chi connectivity index (χ0v) is 12.6. The van der Waals surface area contributed by atoms with Crippen molar-refractivity contribution < 1.29 is 9.53 Å². The molecule has 1 amide bonds. The van der Waals surface area contributed by atoms with Crippen LogP contribution in [0.4, 0.5) is 5.69 Å². The molecule has 21 heavy (non-hydrogen) atoms. The number of rotatable bonds is 4. The van der Waals surface area contributed by atoms with Gasteiger partial charge in [-0.3, -0.25) is 4.79 Å². The Hall–Kier alpha value is -2.20. The highest BCUT2D eigenvalue weighted by atomic mass is 35.5. The second-order valence-corrected chi connectivity index (χ2v) is 5.08. The number of methoxy groups -OCH3 is 1. The fourth-order valence-corrected chi connectivity index (χ4v) is 2.35. The third kappa shape index (κ3) is 3.47. The Kier molecular flexibility index (Phi) is 4.70. The minimum Gasteiger partial charge on any atom is -0.497 e. The lowest BCUT2D eigenvalue weighted by molar-refractivity contribution is 0.0941. The Bertz CT molecular complexity index is 658. The van der Waals surface area contributed by atoms with Gasteiger partial charge in [-0.25, -0.2) is 0 Å². The molecule has 0 unspecified atom stereocenters. The SMILES string of the molecule is COc1ccc(C(=O)N[C@H](C)c2ccccc2Cl)c(N)c1. The number of nitrogens with one attached hydrogen (secondary N) is 1. The predicted molar refractivity (Wildman–Crippen MR) is 84.7 cm³/mol. The molecule has 2 rings (SSSR count). The van der Waals surface area contributed by atoms with Crippen LogP contribution in [0.15, 0.2) is 42.5 Å². The van der Waals surface area contributed by atoms with Crippen molar-refractivity contribution in [3.63, 3.8) is 0 Å². The molecule has 0 bridgehead atoms.